The van der Waals surface area contributed by atoms with Crippen LogP contribution in [0, 0.1) is 6.92 Å². The molecule has 3 heteroatoms. The van der Waals surface area contributed by atoms with Gasteiger partial charge in [-0.05, 0) is 6.92 Å². The molecule has 0 saturated carbocycles. The molecular formula is C11H13N3. The summed E-state index contributed by atoms with van der Waals surface area (Å²) in [6.07, 6.45) is 0. The van der Waals surface area contributed by atoms with Crippen LogP contribution in [0.5, 0.6) is 0 Å². The molecule has 1 aromatic carbocycles. The summed E-state index contributed by atoms with van der Waals surface area (Å²) in [5.74, 6) is 0.835. The van der Waals surface area contributed by atoms with Crippen molar-refractivity contribution in [1.82, 2.24) is 9.97 Å². The van der Waals surface area contributed by atoms with E-state index >= 15 is 0 Å². The third-order valence-corrected chi connectivity index (χ3v) is 2.17. The van der Waals surface area contributed by atoms with Crippen LogP contribution < -0.4 is 5.73 Å². The number of hydrogen-bond acceptors (Lipinski definition) is 2. The summed E-state index contributed by atoms with van der Waals surface area (Å²) < 4.78 is 0. The first-order valence-corrected chi connectivity index (χ1v) is 4.62. The van der Waals surface area contributed by atoms with E-state index in [2.05, 4.69) is 9.97 Å². The number of nitrogens with two attached hydrogens (primary N) is 1. The Hall–Kier alpha value is -1.61. The predicted octanol–water partition coefficient (Wildman–Crippen LogP) is 1.84. The van der Waals surface area contributed by atoms with E-state index in [0.717, 1.165) is 22.8 Å². The predicted molar refractivity (Wildman–Crippen MR) is 56.7 cm³/mol. The molecule has 0 unspecified atom stereocenters. The smallest absolute Gasteiger partial charge is 0.120 e. The van der Waals surface area contributed by atoms with Gasteiger partial charge in [0.1, 0.15) is 5.82 Å². The number of H-pyrrole nitrogens is 1. The largest absolute Gasteiger partial charge is 0.344 e. The summed E-state index contributed by atoms with van der Waals surface area (Å²) in [7, 11) is 0. The van der Waals surface area contributed by atoms with Crippen molar-refractivity contribution in [2.75, 3.05) is 0 Å². The number of hydrogen-bond donors (Lipinski definition) is 2. The van der Waals surface area contributed by atoms with Gasteiger partial charge in [0, 0.05) is 11.3 Å². The highest BCUT2D eigenvalue weighted by atomic mass is 14.9. The lowest BCUT2D eigenvalue weighted by Crippen LogP contribution is -1.97. The fraction of sp³-hybridized carbons (Fsp3) is 0.182. The van der Waals surface area contributed by atoms with E-state index in [0.29, 0.717) is 6.54 Å². The van der Waals surface area contributed by atoms with Gasteiger partial charge in [-0.2, -0.15) is 0 Å². The molecule has 72 valence electrons. The molecule has 0 spiro atoms. The van der Waals surface area contributed by atoms with Crippen molar-refractivity contribution in [2.24, 2.45) is 5.73 Å². The quantitative estimate of drug-likeness (QED) is 0.753. The third-order valence-electron chi connectivity index (χ3n) is 2.17. The number of aromatic amines is 1. The van der Waals surface area contributed by atoms with Crippen LogP contribution >= 0.6 is 0 Å². The van der Waals surface area contributed by atoms with Crippen molar-refractivity contribution in [3.05, 3.63) is 41.9 Å². The molecule has 0 atom stereocenters. The lowest BCUT2D eigenvalue weighted by molar-refractivity contribution is 0.944. The van der Waals surface area contributed by atoms with E-state index < -0.39 is 0 Å². The van der Waals surface area contributed by atoms with Crippen molar-refractivity contribution < 1.29 is 0 Å². The highest BCUT2D eigenvalue weighted by molar-refractivity contribution is 5.61. The minimum atomic E-state index is 0.452. The summed E-state index contributed by atoms with van der Waals surface area (Å²) in [6, 6.07) is 10.1. The molecule has 0 radical (unpaired) electrons. The molecule has 3 nitrogen and oxygen atoms in total. The molecule has 0 aliphatic heterocycles. The van der Waals surface area contributed by atoms with Gasteiger partial charge in [0.25, 0.3) is 0 Å². The minimum absolute atomic E-state index is 0.452. The van der Waals surface area contributed by atoms with E-state index in [-0.39, 0.29) is 0 Å². The van der Waals surface area contributed by atoms with E-state index in [1.54, 1.807) is 0 Å². The summed E-state index contributed by atoms with van der Waals surface area (Å²) in [6.45, 7) is 2.46. The van der Waals surface area contributed by atoms with Crippen LogP contribution in [0.1, 0.15) is 11.5 Å². The molecule has 0 aliphatic rings. The number of nitrogens with zero attached hydrogens (tertiary/aromatic N) is 1. The molecule has 0 saturated heterocycles. The van der Waals surface area contributed by atoms with Crippen molar-refractivity contribution >= 4 is 0 Å². The first-order chi connectivity index (χ1) is 6.81. The molecule has 1 heterocycles. The minimum Gasteiger partial charge on any atom is -0.344 e. The lowest BCUT2D eigenvalue weighted by Gasteiger charge is -1.96. The van der Waals surface area contributed by atoms with Crippen LogP contribution in [-0.4, -0.2) is 9.97 Å². The topological polar surface area (TPSA) is 54.7 Å². The highest BCUT2D eigenvalue weighted by Crippen LogP contribution is 2.20. The second-order valence-corrected chi connectivity index (χ2v) is 3.23. The van der Waals surface area contributed by atoms with Crippen molar-refractivity contribution in [3.63, 3.8) is 0 Å². The van der Waals surface area contributed by atoms with Gasteiger partial charge in [-0.3, -0.25) is 0 Å². The number of benzene rings is 1. The maximum absolute atomic E-state index is 5.52. The van der Waals surface area contributed by atoms with E-state index in [1.165, 1.54) is 0 Å². The first kappa shape index (κ1) is 8.97. The molecule has 0 fully saturated rings. The van der Waals surface area contributed by atoms with Crippen LogP contribution in [0.2, 0.25) is 0 Å². The summed E-state index contributed by atoms with van der Waals surface area (Å²) >= 11 is 0. The molecule has 14 heavy (non-hydrogen) atoms. The Kier molecular flexibility index (Phi) is 2.33. The molecule has 2 aromatic rings. The Labute approximate surface area is 83.0 Å². The Morgan fingerprint density at radius 3 is 2.57 bits per heavy atom. The fourth-order valence-electron chi connectivity index (χ4n) is 1.50. The average Bonchev–Trinajstić information content (AvgIpc) is 2.61. The van der Waals surface area contributed by atoms with E-state index in [1.807, 2.05) is 37.3 Å². The van der Waals surface area contributed by atoms with Gasteiger partial charge < -0.3 is 10.7 Å². The van der Waals surface area contributed by atoms with E-state index in [4.69, 9.17) is 5.73 Å². The van der Waals surface area contributed by atoms with Gasteiger partial charge in [0.05, 0.1) is 12.2 Å². The van der Waals surface area contributed by atoms with Gasteiger partial charge in [-0.25, -0.2) is 4.98 Å². The zero-order valence-corrected chi connectivity index (χ0v) is 8.12. The lowest BCUT2D eigenvalue weighted by atomic mass is 10.1. The number of imidazole rings is 1. The zero-order chi connectivity index (χ0) is 9.97. The van der Waals surface area contributed by atoms with E-state index in [9.17, 15) is 0 Å². The van der Waals surface area contributed by atoms with Gasteiger partial charge >= 0.3 is 0 Å². The molecule has 0 bridgehead atoms. The standard InChI is InChI=1S/C11H13N3/c1-8-11(14-10(7-12)13-8)9-5-3-2-4-6-9/h2-6H,7,12H2,1H3,(H,13,14). The molecule has 2 rings (SSSR count). The molecule has 0 aliphatic carbocycles. The normalized spacial score (nSPS) is 10.4. The van der Waals surface area contributed by atoms with Crippen molar-refractivity contribution in [1.29, 1.82) is 0 Å². The van der Waals surface area contributed by atoms with Gasteiger partial charge in [-0.15, -0.1) is 0 Å². The Morgan fingerprint density at radius 2 is 2.00 bits per heavy atom. The second-order valence-electron chi connectivity index (χ2n) is 3.23. The number of nitrogens with one attached hydrogen (secondary N) is 1. The van der Waals surface area contributed by atoms with Crippen LogP contribution in [-0.2, 0) is 6.54 Å². The van der Waals surface area contributed by atoms with Crippen LogP contribution in [0.3, 0.4) is 0 Å². The molecule has 3 N–H and O–H groups in total. The fourth-order valence-corrected chi connectivity index (χ4v) is 1.50. The number of aromatic nitrogens is 2. The third kappa shape index (κ3) is 1.54. The van der Waals surface area contributed by atoms with Gasteiger partial charge in [0.2, 0.25) is 0 Å². The zero-order valence-electron chi connectivity index (χ0n) is 8.12. The molecule has 0 amide bonds. The molecule has 1 aromatic heterocycles. The maximum atomic E-state index is 5.52. The Balaban J connectivity index is 2.46. The van der Waals surface area contributed by atoms with Gasteiger partial charge in [-0.1, -0.05) is 30.3 Å². The van der Waals surface area contributed by atoms with Crippen LogP contribution in [0.25, 0.3) is 11.3 Å². The number of rotatable bonds is 2. The van der Waals surface area contributed by atoms with Crippen LogP contribution in [0.4, 0.5) is 0 Å². The average molecular weight is 187 g/mol. The first-order valence-electron chi connectivity index (χ1n) is 4.62. The van der Waals surface area contributed by atoms with Gasteiger partial charge in [0.15, 0.2) is 0 Å². The molecular weight excluding hydrogens is 174 g/mol. The Bertz CT molecular complexity index is 417. The summed E-state index contributed by atoms with van der Waals surface area (Å²) in [5.41, 5.74) is 8.70. The van der Waals surface area contributed by atoms with Crippen LogP contribution in [0.15, 0.2) is 30.3 Å². The SMILES string of the molecule is Cc1[nH]c(CN)nc1-c1ccccc1. The summed E-state index contributed by atoms with van der Waals surface area (Å²) in [5, 5.41) is 0. The highest BCUT2D eigenvalue weighted by Gasteiger charge is 2.06. The van der Waals surface area contributed by atoms with Crippen molar-refractivity contribution in [2.45, 2.75) is 13.5 Å². The number of aryl methyl sites for hydroxylation is 1. The maximum Gasteiger partial charge on any atom is 0.120 e. The van der Waals surface area contributed by atoms with Crippen molar-refractivity contribution in [3.8, 4) is 11.3 Å². The monoisotopic (exact) mass is 187 g/mol. The second kappa shape index (κ2) is 3.64. The summed E-state index contributed by atoms with van der Waals surface area (Å²) in [4.78, 5) is 7.57. The Morgan fingerprint density at radius 1 is 1.29 bits per heavy atom.